The predicted octanol–water partition coefficient (Wildman–Crippen LogP) is 6.37. The first-order valence-corrected chi connectivity index (χ1v) is 14.9. The van der Waals surface area contributed by atoms with Crippen molar-refractivity contribution in [1.29, 1.82) is 0 Å². The second kappa shape index (κ2) is 12.6. The van der Waals surface area contributed by atoms with Crippen molar-refractivity contribution in [2.24, 2.45) is 23.2 Å². The van der Waals surface area contributed by atoms with Gasteiger partial charge in [-0.3, -0.25) is 9.59 Å². The van der Waals surface area contributed by atoms with Crippen LogP contribution in [0.5, 0.6) is 5.75 Å². The van der Waals surface area contributed by atoms with E-state index in [1.54, 1.807) is 14.0 Å². The molecule has 1 heterocycles. The molecule has 4 atom stereocenters. The maximum absolute atomic E-state index is 14.1. The van der Waals surface area contributed by atoms with Crippen molar-refractivity contribution in [2.75, 3.05) is 33.2 Å². The van der Waals surface area contributed by atoms with Crippen LogP contribution in [0.15, 0.2) is 42.5 Å². The summed E-state index contributed by atoms with van der Waals surface area (Å²) in [5, 5.41) is 11.9. The summed E-state index contributed by atoms with van der Waals surface area (Å²) in [6.45, 7) is 16.5. The second-order valence-electron chi connectivity index (χ2n) is 12.9. The van der Waals surface area contributed by atoms with Crippen molar-refractivity contribution in [3.8, 4) is 5.75 Å². The molecule has 2 unspecified atom stereocenters. The SMILES string of the molecule is [2H]C([2H])(N1CC(C)[C@](c2ccc(C)c(OC)c2)(C(C)C)[C@@H](CC)C1)C(C)(C(=O)NCC(=O)O)C(C)(C)c1ccccc1C. The molecule has 1 aliphatic rings. The van der Waals surface area contributed by atoms with Gasteiger partial charge in [-0.1, -0.05) is 84.4 Å². The minimum atomic E-state index is -2.13. The molecule has 3 rings (SSSR count). The molecule has 41 heavy (non-hydrogen) atoms. The van der Waals surface area contributed by atoms with E-state index in [1.807, 2.05) is 56.9 Å². The highest BCUT2D eigenvalue weighted by molar-refractivity contribution is 5.87. The summed E-state index contributed by atoms with van der Waals surface area (Å²) in [5.74, 6) is -0.537. The zero-order chi connectivity index (χ0) is 32.5. The summed E-state index contributed by atoms with van der Waals surface area (Å²) in [5.41, 5.74) is 1.19. The van der Waals surface area contributed by atoms with Gasteiger partial charge in [0.2, 0.25) is 5.91 Å². The van der Waals surface area contributed by atoms with Crippen LogP contribution in [0, 0.1) is 37.0 Å². The molecule has 1 amide bonds. The standard InChI is InChI=1S/C35H52N2O4/c1-11-27-21-37(20-26(6)35(27,23(2)3)28-17-16-25(5)30(18-28)41-10)22-34(9,32(40)36-19-31(38)39)33(7,8)29-15-13-12-14-24(29)4/h12-18,23,26-27H,11,19-22H2,1-10H3,(H,36,40)(H,38,39)/t26?,27-,34?,35+/m0/s1/i22D2. The molecule has 2 aromatic carbocycles. The Kier molecular flexibility index (Phi) is 9.08. The van der Waals surface area contributed by atoms with E-state index in [4.69, 9.17) is 4.74 Å². The van der Waals surface area contributed by atoms with Gasteiger partial charge in [0.25, 0.3) is 0 Å². The number of nitrogens with one attached hydrogen (secondary N) is 1. The van der Waals surface area contributed by atoms with E-state index in [1.165, 1.54) is 5.56 Å². The van der Waals surface area contributed by atoms with Gasteiger partial charge in [-0.25, -0.2) is 0 Å². The minimum Gasteiger partial charge on any atom is -0.496 e. The Hall–Kier alpha value is -2.86. The highest BCUT2D eigenvalue weighted by atomic mass is 16.5. The number of aliphatic carboxylic acids is 1. The van der Waals surface area contributed by atoms with E-state index in [0.717, 1.165) is 28.9 Å². The Morgan fingerprint density at radius 1 is 1.15 bits per heavy atom. The fraction of sp³-hybridized carbons (Fsp3) is 0.600. The van der Waals surface area contributed by atoms with Gasteiger partial charge in [0, 0.05) is 33.2 Å². The molecule has 226 valence electrons. The van der Waals surface area contributed by atoms with Gasteiger partial charge in [-0.2, -0.15) is 0 Å². The number of nitrogens with zero attached hydrogens (tertiary/aromatic N) is 1. The number of hydrogen-bond donors (Lipinski definition) is 2. The van der Waals surface area contributed by atoms with Crippen molar-refractivity contribution >= 4 is 11.9 Å². The molecule has 2 aromatic rings. The van der Waals surface area contributed by atoms with Gasteiger partial charge in [0.1, 0.15) is 12.3 Å². The molecule has 2 N–H and O–H groups in total. The number of amides is 1. The van der Waals surface area contributed by atoms with Crippen LogP contribution >= 0.6 is 0 Å². The van der Waals surface area contributed by atoms with Crippen LogP contribution in [-0.4, -0.2) is 55.1 Å². The molecule has 1 saturated heterocycles. The third kappa shape index (κ3) is 5.90. The lowest BCUT2D eigenvalue weighted by Crippen LogP contribution is -2.62. The Bertz CT molecular complexity index is 1330. The quantitative estimate of drug-likeness (QED) is 0.331. The van der Waals surface area contributed by atoms with Gasteiger partial charge in [0.05, 0.1) is 12.5 Å². The average Bonchev–Trinajstić information content (AvgIpc) is 2.94. The molecule has 0 bridgehead atoms. The van der Waals surface area contributed by atoms with Crippen molar-refractivity contribution in [2.45, 2.75) is 79.6 Å². The number of carboxylic acids is 1. The number of carbonyl (C=O) groups excluding carboxylic acids is 1. The van der Waals surface area contributed by atoms with Crippen LogP contribution in [-0.2, 0) is 20.4 Å². The lowest BCUT2D eigenvalue weighted by Gasteiger charge is -2.57. The fourth-order valence-electron chi connectivity index (χ4n) is 7.58. The van der Waals surface area contributed by atoms with Gasteiger partial charge in [-0.05, 0) is 66.8 Å². The van der Waals surface area contributed by atoms with Gasteiger partial charge < -0.3 is 20.1 Å². The van der Waals surface area contributed by atoms with Gasteiger partial charge in [0.15, 0.2) is 0 Å². The Morgan fingerprint density at radius 2 is 1.80 bits per heavy atom. The zero-order valence-electron chi connectivity index (χ0n) is 28.7. The molecule has 0 spiro atoms. The number of carbonyl (C=O) groups is 2. The molecule has 0 saturated carbocycles. The first kappa shape index (κ1) is 29.6. The van der Waals surface area contributed by atoms with E-state index < -0.39 is 35.7 Å². The Morgan fingerprint density at radius 3 is 2.37 bits per heavy atom. The predicted molar refractivity (Wildman–Crippen MR) is 167 cm³/mol. The van der Waals surface area contributed by atoms with Crippen LogP contribution in [0.1, 0.15) is 79.9 Å². The molecule has 1 fully saturated rings. The maximum atomic E-state index is 14.1. The van der Waals surface area contributed by atoms with E-state index >= 15 is 0 Å². The number of aryl methyl sites for hydroxylation is 2. The van der Waals surface area contributed by atoms with E-state index in [-0.39, 0.29) is 23.2 Å². The van der Waals surface area contributed by atoms with Crippen LogP contribution in [0.4, 0.5) is 0 Å². The number of methoxy groups -OCH3 is 1. The van der Waals surface area contributed by atoms with Crippen LogP contribution in [0.3, 0.4) is 0 Å². The largest absolute Gasteiger partial charge is 0.496 e. The number of rotatable bonds is 11. The minimum absolute atomic E-state index is 0.0431. The average molecular weight is 567 g/mol. The number of benzene rings is 2. The highest BCUT2D eigenvalue weighted by Crippen LogP contribution is 2.52. The molecule has 0 aliphatic carbocycles. The Balaban J connectivity index is 2.19. The summed E-state index contributed by atoms with van der Waals surface area (Å²) in [4.78, 5) is 27.5. The van der Waals surface area contributed by atoms with Crippen LogP contribution < -0.4 is 10.1 Å². The van der Waals surface area contributed by atoms with Crippen LogP contribution in [0.25, 0.3) is 0 Å². The first-order chi connectivity index (χ1) is 19.9. The summed E-state index contributed by atoms with van der Waals surface area (Å²) < 4.78 is 25.4. The zero-order valence-corrected chi connectivity index (χ0v) is 26.7. The summed E-state index contributed by atoms with van der Waals surface area (Å²) >= 11 is 0. The van der Waals surface area contributed by atoms with E-state index in [9.17, 15) is 17.4 Å². The summed E-state index contributed by atoms with van der Waals surface area (Å²) in [6, 6.07) is 14.2. The lowest BCUT2D eigenvalue weighted by atomic mass is 9.54. The number of carboxylic acid groups (broad SMARTS) is 1. The maximum Gasteiger partial charge on any atom is 0.322 e. The van der Waals surface area contributed by atoms with E-state index in [2.05, 4.69) is 51.2 Å². The third-order valence-electron chi connectivity index (χ3n) is 10.1. The van der Waals surface area contributed by atoms with Gasteiger partial charge in [-0.15, -0.1) is 0 Å². The summed E-state index contributed by atoms with van der Waals surface area (Å²) in [6.07, 6.45) is 0.828. The lowest BCUT2D eigenvalue weighted by molar-refractivity contribution is -0.142. The highest BCUT2D eigenvalue weighted by Gasteiger charge is 2.54. The fourth-order valence-corrected chi connectivity index (χ4v) is 7.58. The molecule has 6 nitrogen and oxygen atoms in total. The first-order valence-electron chi connectivity index (χ1n) is 15.9. The number of ether oxygens (including phenoxy) is 1. The third-order valence-corrected chi connectivity index (χ3v) is 10.1. The molecular formula is C35H52N2O4. The van der Waals surface area contributed by atoms with Crippen LogP contribution in [0.2, 0.25) is 0 Å². The Labute approximate surface area is 250 Å². The normalized spacial score (nSPS) is 24.3. The monoisotopic (exact) mass is 566 g/mol. The molecule has 6 heteroatoms. The van der Waals surface area contributed by atoms with Crippen molar-refractivity contribution in [3.05, 3.63) is 64.7 Å². The van der Waals surface area contributed by atoms with Crippen molar-refractivity contribution in [1.82, 2.24) is 10.2 Å². The summed E-state index contributed by atoms with van der Waals surface area (Å²) in [7, 11) is 1.69. The van der Waals surface area contributed by atoms with Crippen molar-refractivity contribution in [3.63, 3.8) is 0 Å². The van der Waals surface area contributed by atoms with Gasteiger partial charge >= 0.3 is 5.97 Å². The molecule has 1 aliphatic heterocycles. The number of likely N-dealkylation sites (tertiary alicyclic amines) is 1. The topological polar surface area (TPSA) is 78.9 Å². The van der Waals surface area contributed by atoms with E-state index in [0.29, 0.717) is 13.1 Å². The smallest absolute Gasteiger partial charge is 0.322 e. The second-order valence-corrected chi connectivity index (χ2v) is 12.9. The molecular weight excluding hydrogens is 512 g/mol. The van der Waals surface area contributed by atoms with Crippen molar-refractivity contribution < 1.29 is 22.2 Å². The number of piperidine rings is 1. The molecule has 0 radical (unpaired) electrons. The molecule has 0 aromatic heterocycles. The number of hydrogen-bond acceptors (Lipinski definition) is 4.